The molecule has 1 aromatic carbocycles. The molecule has 1 unspecified atom stereocenters. The molecule has 2 heterocycles. The third kappa shape index (κ3) is 1.85. The first kappa shape index (κ1) is 11.2. The molecule has 18 heavy (non-hydrogen) atoms. The summed E-state index contributed by atoms with van der Waals surface area (Å²) >= 11 is 0. The predicted octanol–water partition coefficient (Wildman–Crippen LogP) is 1.61. The van der Waals surface area contributed by atoms with E-state index in [4.69, 9.17) is 19.0 Å². The van der Waals surface area contributed by atoms with E-state index in [9.17, 15) is 4.79 Å². The van der Waals surface area contributed by atoms with Crippen LogP contribution in [0.4, 0.5) is 0 Å². The Bertz CT molecular complexity index is 585. The standard InChI is InChI=1S/C12H11NO5/c14-12(15)7-2-1-3-8-10(7)18-11(13-8)9-6-16-4-5-17-9/h1-3,9H,4-6H2,(H,14,15). The van der Waals surface area contributed by atoms with Crippen LogP contribution in [0.15, 0.2) is 22.6 Å². The first-order valence-corrected chi connectivity index (χ1v) is 5.58. The van der Waals surface area contributed by atoms with Gasteiger partial charge in [0.1, 0.15) is 11.1 Å². The molecule has 1 aliphatic rings. The highest BCUT2D eigenvalue weighted by molar-refractivity contribution is 5.99. The van der Waals surface area contributed by atoms with E-state index >= 15 is 0 Å². The maximum absolute atomic E-state index is 11.1. The Morgan fingerprint density at radius 3 is 3.00 bits per heavy atom. The van der Waals surface area contributed by atoms with Crippen molar-refractivity contribution in [3.63, 3.8) is 0 Å². The van der Waals surface area contributed by atoms with E-state index in [1.807, 2.05) is 0 Å². The van der Waals surface area contributed by atoms with Crippen molar-refractivity contribution in [3.8, 4) is 0 Å². The van der Waals surface area contributed by atoms with Crippen molar-refractivity contribution >= 4 is 17.1 Å². The number of fused-ring (bicyclic) bond motifs is 1. The van der Waals surface area contributed by atoms with Crippen LogP contribution in [0.2, 0.25) is 0 Å². The summed E-state index contributed by atoms with van der Waals surface area (Å²) in [6, 6.07) is 4.83. The SMILES string of the molecule is O=C(O)c1cccc2nc(C3COCCO3)oc12. The van der Waals surface area contributed by atoms with E-state index in [-0.39, 0.29) is 17.3 Å². The molecule has 0 amide bonds. The molecule has 1 aromatic heterocycles. The Morgan fingerprint density at radius 2 is 2.28 bits per heavy atom. The number of oxazole rings is 1. The maximum atomic E-state index is 11.1. The first-order chi connectivity index (χ1) is 8.75. The Hall–Kier alpha value is -1.92. The summed E-state index contributed by atoms with van der Waals surface area (Å²) in [5.74, 6) is -0.678. The number of carboxylic acid groups (broad SMARTS) is 1. The minimum absolute atomic E-state index is 0.1000. The molecule has 1 aliphatic heterocycles. The van der Waals surface area contributed by atoms with E-state index < -0.39 is 5.97 Å². The molecule has 0 saturated carbocycles. The van der Waals surface area contributed by atoms with Crippen LogP contribution in [0.25, 0.3) is 11.1 Å². The number of hydrogen-bond acceptors (Lipinski definition) is 5. The van der Waals surface area contributed by atoms with Crippen LogP contribution >= 0.6 is 0 Å². The third-order valence-electron chi connectivity index (χ3n) is 2.75. The molecule has 1 saturated heterocycles. The van der Waals surface area contributed by atoms with Gasteiger partial charge in [0.05, 0.1) is 19.8 Å². The van der Waals surface area contributed by atoms with Crippen molar-refractivity contribution in [2.24, 2.45) is 0 Å². The Labute approximate surface area is 102 Å². The van der Waals surface area contributed by atoms with Crippen LogP contribution < -0.4 is 0 Å². The predicted molar refractivity (Wildman–Crippen MR) is 60.5 cm³/mol. The summed E-state index contributed by atoms with van der Waals surface area (Å²) in [6.07, 6.45) is -0.368. The Balaban J connectivity index is 2.04. The van der Waals surface area contributed by atoms with Gasteiger partial charge in [0.2, 0.25) is 5.89 Å². The number of aromatic nitrogens is 1. The minimum Gasteiger partial charge on any atom is -0.478 e. The molecule has 1 N–H and O–H groups in total. The summed E-state index contributed by atoms with van der Waals surface area (Å²) in [6.45, 7) is 1.40. The van der Waals surface area contributed by atoms with E-state index in [1.54, 1.807) is 12.1 Å². The molecular formula is C12H11NO5. The molecule has 1 fully saturated rings. The topological polar surface area (TPSA) is 81.8 Å². The van der Waals surface area contributed by atoms with Crippen LogP contribution in [0.3, 0.4) is 0 Å². The van der Waals surface area contributed by atoms with E-state index in [2.05, 4.69) is 4.98 Å². The van der Waals surface area contributed by atoms with Gasteiger partial charge >= 0.3 is 5.97 Å². The Kier molecular flexibility index (Phi) is 2.73. The van der Waals surface area contributed by atoms with Gasteiger partial charge in [0, 0.05) is 0 Å². The monoisotopic (exact) mass is 249 g/mol. The molecule has 2 aromatic rings. The zero-order chi connectivity index (χ0) is 12.5. The van der Waals surface area contributed by atoms with Crippen molar-refractivity contribution in [2.45, 2.75) is 6.10 Å². The summed E-state index contributed by atoms with van der Waals surface area (Å²) in [5, 5.41) is 9.06. The zero-order valence-electron chi connectivity index (χ0n) is 9.46. The van der Waals surface area contributed by atoms with Crippen LogP contribution in [-0.2, 0) is 9.47 Å². The molecule has 6 heteroatoms. The number of rotatable bonds is 2. The Morgan fingerprint density at radius 1 is 1.39 bits per heavy atom. The maximum Gasteiger partial charge on any atom is 0.339 e. The third-order valence-corrected chi connectivity index (χ3v) is 2.75. The summed E-state index contributed by atoms with van der Waals surface area (Å²) in [7, 11) is 0. The van der Waals surface area contributed by atoms with Gasteiger partial charge in [-0.3, -0.25) is 0 Å². The summed E-state index contributed by atoms with van der Waals surface area (Å²) in [4.78, 5) is 15.3. The van der Waals surface area contributed by atoms with Gasteiger partial charge < -0.3 is 19.0 Å². The molecule has 3 rings (SSSR count). The van der Waals surface area contributed by atoms with Crippen LogP contribution in [-0.4, -0.2) is 35.9 Å². The molecule has 0 spiro atoms. The average Bonchev–Trinajstić information content (AvgIpc) is 2.83. The fourth-order valence-corrected chi connectivity index (χ4v) is 1.90. The fourth-order valence-electron chi connectivity index (χ4n) is 1.90. The van der Waals surface area contributed by atoms with Crippen LogP contribution in [0.1, 0.15) is 22.4 Å². The van der Waals surface area contributed by atoms with Gasteiger partial charge in [0.15, 0.2) is 11.7 Å². The number of hydrogen-bond donors (Lipinski definition) is 1. The summed E-state index contributed by atoms with van der Waals surface area (Å²) in [5.41, 5.74) is 0.885. The van der Waals surface area contributed by atoms with E-state index in [1.165, 1.54) is 6.07 Å². The zero-order valence-corrected chi connectivity index (χ0v) is 9.46. The van der Waals surface area contributed by atoms with Gasteiger partial charge in [-0.1, -0.05) is 6.07 Å². The smallest absolute Gasteiger partial charge is 0.339 e. The molecule has 1 atom stereocenters. The van der Waals surface area contributed by atoms with Gasteiger partial charge in [0.25, 0.3) is 0 Å². The van der Waals surface area contributed by atoms with E-state index in [0.29, 0.717) is 31.2 Å². The molecule has 6 nitrogen and oxygen atoms in total. The minimum atomic E-state index is -1.04. The molecule has 0 radical (unpaired) electrons. The lowest BCUT2D eigenvalue weighted by molar-refractivity contribution is -0.0991. The number of carbonyl (C=O) groups is 1. The van der Waals surface area contributed by atoms with Crippen molar-refractivity contribution in [2.75, 3.05) is 19.8 Å². The second kappa shape index (κ2) is 4.40. The van der Waals surface area contributed by atoms with Gasteiger partial charge in [-0.25, -0.2) is 9.78 Å². The largest absolute Gasteiger partial charge is 0.478 e. The number of ether oxygens (including phenoxy) is 2. The van der Waals surface area contributed by atoms with E-state index in [0.717, 1.165) is 0 Å². The van der Waals surface area contributed by atoms with Crippen molar-refractivity contribution < 1.29 is 23.8 Å². The number of aromatic carboxylic acids is 1. The number of para-hydroxylation sites is 1. The highest BCUT2D eigenvalue weighted by Gasteiger charge is 2.23. The quantitative estimate of drug-likeness (QED) is 0.870. The van der Waals surface area contributed by atoms with Crippen molar-refractivity contribution in [1.29, 1.82) is 0 Å². The van der Waals surface area contributed by atoms with Crippen molar-refractivity contribution in [3.05, 3.63) is 29.7 Å². The highest BCUT2D eigenvalue weighted by Crippen LogP contribution is 2.26. The first-order valence-electron chi connectivity index (χ1n) is 5.58. The van der Waals surface area contributed by atoms with Gasteiger partial charge in [-0.2, -0.15) is 0 Å². The molecule has 0 aliphatic carbocycles. The normalized spacial score (nSPS) is 20.1. The summed E-state index contributed by atoms with van der Waals surface area (Å²) < 4.78 is 16.2. The van der Waals surface area contributed by atoms with Gasteiger partial charge in [-0.05, 0) is 12.1 Å². The fraction of sp³-hybridized carbons (Fsp3) is 0.333. The van der Waals surface area contributed by atoms with Crippen LogP contribution in [0.5, 0.6) is 0 Å². The average molecular weight is 249 g/mol. The lowest BCUT2D eigenvalue weighted by atomic mass is 10.2. The molecular weight excluding hydrogens is 238 g/mol. The lowest BCUT2D eigenvalue weighted by Crippen LogP contribution is -2.22. The molecule has 94 valence electrons. The second-order valence-electron chi connectivity index (χ2n) is 3.95. The lowest BCUT2D eigenvalue weighted by Gasteiger charge is -2.19. The number of nitrogens with zero attached hydrogens (tertiary/aromatic N) is 1. The van der Waals surface area contributed by atoms with Crippen molar-refractivity contribution in [1.82, 2.24) is 4.98 Å². The number of carboxylic acids is 1. The van der Waals surface area contributed by atoms with Gasteiger partial charge in [-0.15, -0.1) is 0 Å². The molecule has 0 bridgehead atoms. The number of benzene rings is 1. The van der Waals surface area contributed by atoms with Crippen LogP contribution in [0, 0.1) is 0 Å². The second-order valence-corrected chi connectivity index (χ2v) is 3.95. The highest BCUT2D eigenvalue weighted by atomic mass is 16.6.